The van der Waals surface area contributed by atoms with Crippen LogP contribution in [-0.2, 0) is 23.1 Å². The van der Waals surface area contributed by atoms with Crippen LogP contribution in [0.1, 0.15) is 36.2 Å². The Morgan fingerprint density at radius 3 is 2.77 bits per heavy atom. The summed E-state index contributed by atoms with van der Waals surface area (Å²) in [5, 5.41) is 4.34. The number of aromatic nitrogens is 2. The molecule has 26 heavy (non-hydrogen) atoms. The smallest absolute Gasteiger partial charge is 0.233 e. The third-order valence-corrected chi connectivity index (χ3v) is 5.83. The zero-order valence-corrected chi connectivity index (χ0v) is 15.5. The van der Waals surface area contributed by atoms with Gasteiger partial charge in [0, 0.05) is 43.5 Å². The number of hydrogen-bond donors (Lipinski definition) is 0. The summed E-state index contributed by atoms with van der Waals surface area (Å²) < 4.78 is 1.80. The molecule has 2 aromatic rings. The summed E-state index contributed by atoms with van der Waals surface area (Å²) in [4.78, 5) is 29.7. The van der Waals surface area contributed by atoms with E-state index in [1.165, 1.54) is 5.56 Å². The molecule has 0 bridgehead atoms. The highest BCUT2D eigenvalue weighted by atomic mass is 16.2. The van der Waals surface area contributed by atoms with Crippen LogP contribution in [0.15, 0.2) is 30.5 Å². The van der Waals surface area contributed by atoms with Crippen LogP contribution < -0.4 is 4.90 Å². The molecule has 2 aliphatic rings. The fraction of sp³-hybridized carbons (Fsp3) is 0.450. The maximum Gasteiger partial charge on any atom is 0.233 e. The summed E-state index contributed by atoms with van der Waals surface area (Å²) in [6.45, 7) is 5.24. The van der Waals surface area contributed by atoms with Crippen LogP contribution in [0.5, 0.6) is 0 Å². The molecule has 2 amide bonds. The molecule has 4 rings (SSSR count). The maximum absolute atomic E-state index is 13.4. The lowest BCUT2D eigenvalue weighted by atomic mass is 9.92. The van der Waals surface area contributed by atoms with E-state index in [2.05, 4.69) is 11.2 Å². The number of amides is 2. The van der Waals surface area contributed by atoms with Gasteiger partial charge in [0.1, 0.15) is 0 Å². The van der Waals surface area contributed by atoms with Crippen LogP contribution >= 0.6 is 0 Å². The predicted molar refractivity (Wildman–Crippen MR) is 98.7 cm³/mol. The van der Waals surface area contributed by atoms with Crippen molar-refractivity contribution in [3.63, 3.8) is 0 Å². The lowest BCUT2D eigenvalue weighted by molar-refractivity contribution is -0.129. The molecule has 136 valence electrons. The van der Waals surface area contributed by atoms with Gasteiger partial charge in [0.2, 0.25) is 11.8 Å². The number of fused-ring (bicyclic) bond motifs is 1. The second kappa shape index (κ2) is 6.27. The van der Waals surface area contributed by atoms with Gasteiger partial charge in [-0.25, -0.2) is 0 Å². The summed E-state index contributed by atoms with van der Waals surface area (Å²) in [6.07, 6.45) is 2.94. The van der Waals surface area contributed by atoms with Gasteiger partial charge in [-0.3, -0.25) is 14.3 Å². The lowest BCUT2D eigenvalue weighted by Crippen LogP contribution is -2.38. The molecule has 0 aliphatic carbocycles. The topological polar surface area (TPSA) is 58.4 Å². The van der Waals surface area contributed by atoms with E-state index in [-0.39, 0.29) is 30.2 Å². The summed E-state index contributed by atoms with van der Waals surface area (Å²) in [6, 6.07) is 7.81. The SMILES string of the molecule is CCN1C(=O)C[C@H](C(=O)N2CCc3ccccc32)[C@H]1c1cnn(C)c1C. The Kier molecular flexibility index (Phi) is 4.05. The zero-order valence-electron chi connectivity index (χ0n) is 15.5. The number of para-hydroxylation sites is 1. The number of benzene rings is 1. The molecule has 1 aromatic heterocycles. The molecule has 6 nitrogen and oxygen atoms in total. The van der Waals surface area contributed by atoms with Crippen LogP contribution in [0.4, 0.5) is 5.69 Å². The van der Waals surface area contributed by atoms with Crippen LogP contribution in [-0.4, -0.2) is 39.6 Å². The van der Waals surface area contributed by atoms with E-state index in [4.69, 9.17) is 0 Å². The molecule has 2 atom stereocenters. The largest absolute Gasteiger partial charge is 0.335 e. The average Bonchev–Trinajstić information content (AvgIpc) is 3.31. The zero-order chi connectivity index (χ0) is 18.4. The number of hydrogen-bond acceptors (Lipinski definition) is 3. The lowest BCUT2D eigenvalue weighted by Gasteiger charge is -2.29. The normalized spacial score (nSPS) is 22.2. The minimum Gasteiger partial charge on any atom is -0.335 e. The Morgan fingerprint density at radius 2 is 2.08 bits per heavy atom. The fourth-order valence-electron chi connectivity index (χ4n) is 4.34. The van der Waals surface area contributed by atoms with E-state index in [1.54, 1.807) is 10.9 Å². The number of rotatable bonds is 3. The van der Waals surface area contributed by atoms with Crippen LogP contribution in [0.2, 0.25) is 0 Å². The highest BCUT2D eigenvalue weighted by molar-refractivity contribution is 6.01. The van der Waals surface area contributed by atoms with Gasteiger partial charge >= 0.3 is 0 Å². The first-order valence-electron chi connectivity index (χ1n) is 9.20. The average molecular weight is 352 g/mol. The van der Waals surface area contributed by atoms with Crippen molar-refractivity contribution < 1.29 is 9.59 Å². The van der Waals surface area contributed by atoms with E-state index in [0.29, 0.717) is 13.1 Å². The van der Waals surface area contributed by atoms with Gasteiger partial charge in [0.25, 0.3) is 0 Å². The fourth-order valence-corrected chi connectivity index (χ4v) is 4.34. The second-order valence-electron chi connectivity index (χ2n) is 7.11. The maximum atomic E-state index is 13.4. The van der Waals surface area contributed by atoms with E-state index >= 15 is 0 Å². The van der Waals surface area contributed by atoms with Gasteiger partial charge in [0.05, 0.1) is 18.2 Å². The molecular formula is C20H24N4O2. The highest BCUT2D eigenvalue weighted by Gasteiger charge is 2.47. The van der Waals surface area contributed by atoms with Crippen molar-refractivity contribution in [2.24, 2.45) is 13.0 Å². The van der Waals surface area contributed by atoms with Crippen molar-refractivity contribution in [3.8, 4) is 0 Å². The molecule has 0 spiro atoms. The standard InChI is InChI=1S/C20H24N4O2/c1-4-23-18(25)11-15(19(23)16-12-21-22(3)13(16)2)20(26)24-10-9-14-7-5-6-8-17(14)24/h5-8,12,15,19H,4,9-11H2,1-3H3/t15-,19-/m0/s1. The van der Waals surface area contributed by atoms with Crippen LogP contribution in [0.25, 0.3) is 0 Å². The Labute approximate surface area is 153 Å². The summed E-state index contributed by atoms with van der Waals surface area (Å²) in [5.41, 5.74) is 4.17. The van der Waals surface area contributed by atoms with E-state index in [1.807, 2.05) is 48.9 Å². The Balaban J connectivity index is 1.71. The van der Waals surface area contributed by atoms with Crippen LogP contribution in [0.3, 0.4) is 0 Å². The molecule has 3 heterocycles. The quantitative estimate of drug-likeness (QED) is 0.851. The first-order valence-corrected chi connectivity index (χ1v) is 9.20. The van der Waals surface area contributed by atoms with Gasteiger partial charge < -0.3 is 9.80 Å². The predicted octanol–water partition coefficient (Wildman–Crippen LogP) is 2.23. The number of carbonyl (C=O) groups excluding carboxylic acids is 2. The van der Waals surface area contributed by atoms with Crippen molar-refractivity contribution in [2.45, 2.75) is 32.7 Å². The Bertz CT molecular complexity index is 872. The molecule has 0 unspecified atom stereocenters. The van der Waals surface area contributed by atoms with Crippen molar-refractivity contribution in [1.29, 1.82) is 0 Å². The van der Waals surface area contributed by atoms with E-state index in [9.17, 15) is 9.59 Å². The third kappa shape index (κ3) is 2.43. The molecule has 1 fully saturated rings. The van der Waals surface area contributed by atoms with Crippen molar-refractivity contribution in [3.05, 3.63) is 47.3 Å². The molecule has 1 saturated heterocycles. The van der Waals surface area contributed by atoms with Crippen LogP contribution in [0, 0.1) is 12.8 Å². The van der Waals surface area contributed by atoms with Gasteiger partial charge in [-0.15, -0.1) is 0 Å². The first-order chi connectivity index (χ1) is 12.5. The Hall–Kier alpha value is -2.63. The van der Waals surface area contributed by atoms with E-state index in [0.717, 1.165) is 23.4 Å². The molecule has 2 aliphatic heterocycles. The van der Waals surface area contributed by atoms with Gasteiger partial charge in [-0.2, -0.15) is 5.10 Å². The van der Waals surface area contributed by atoms with Gasteiger partial charge in [0.15, 0.2) is 0 Å². The first kappa shape index (κ1) is 16.8. The number of likely N-dealkylation sites (tertiary alicyclic amines) is 1. The number of nitrogens with zero attached hydrogens (tertiary/aromatic N) is 4. The second-order valence-corrected chi connectivity index (χ2v) is 7.11. The number of carbonyl (C=O) groups is 2. The Morgan fingerprint density at radius 1 is 1.31 bits per heavy atom. The molecule has 0 saturated carbocycles. The number of anilines is 1. The minimum atomic E-state index is -0.364. The molecule has 0 radical (unpaired) electrons. The number of aryl methyl sites for hydroxylation is 1. The van der Waals surface area contributed by atoms with Gasteiger partial charge in [-0.1, -0.05) is 18.2 Å². The molecule has 0 N–H and O–H groups in total. The van der Waals surface area contributed by atoms with Gasteiger partial charge in [-0.05, 0) is 31.9 Å². The molecule has 1 aromatic carbocycles. The summed E-state index contributed by atoms with van der Waals surface area (Å²) >= 11 is 0. The third-order valence-electron chi connectivity index (χ3n) is 5.83. The van der Waals surface area contributed by atoms with Crippen molar-refractivity contribution in [2.75, 3.05) is 18.0 Å². The highest BCUT2D eigenvalue weighted by Crippen LogP contribution is 2.41. The van der Waals surface area contributed by atoms with E-state index < -0.39 is 0 Å². The summed E-state index contributed by atoms with van der Waals surface area (Å²) in [7, 11) is 1.89. The molecular weight excluding hydrogens is 328 g/mol. The molecule has 6 heteroatoms. The van der Waals surface area contributed by atoms with Crippen molar-refractivity contribution >= 4 is 17.5 Å². The monoisotopic (exact) mass is 352 g/mol. The minimum absolute atomic E-state index is 0.0478. The van der Waals surface area contributed by atoms with Crippen molar-refractivity contribution in [1.82, 2.24) is 14.7 Å². The summed E-state index contributed by atoms with van der Waals surface area (Å²) in [5.74, 6) is -0.268.